The van der Waals surface area contributed by atoms with E-state index in [4.69, 9.17) is 16.3 Å². The Hall–Kier alpha value is -2.48. The highest BCUT2D eigenvalue weighted by Crippen LogP contribution is 2.33. The van der Waals surface area contributed by atoms with Gasteiger partial charge in [-0.05, 0) is 24.6 Å². The van der Waals surface area contributed by atoms with Gasteiger partial charge in [-0.3, -0.25) is 0 Å². The first kappa shape index (κ1) is 19.3. The van der Waals surface area contributed by atoms with Crippen LogP contribution in [0.4, 0.5) is 23.8 Å². The smallest absolute Gasteiger partial charge is 0.410 e. The van der Waals surface area contributed by atoms with Crippen molar-refractivity contribution in [2.75, 3.05) is 31.1 Å². The van der Waals surface area contributed by atoms with Crippen molar-refractivity contribution in [3.63, 3.8) is 0 Å². The normalized spacial score (nSPS) is 15.4. The number of carbonyl (C=O) groups excluding carboxylic acids is 1. The lowest BCUT2D eigenvalue weighted by Crippen LogP contribution is -2.37. The van der Waals surface area contributed by atoms with E-state index >= 15 is 0 Å². The Morgan fingerprint density at radius 2 is 1.85 bits per heavy atom. The fourth-order valence-electron chi connectivity index (χ4n) is 2.78. The summed E-state index contributed by atoms with van der Waals surface area (Å²) in [6.07, 6.45) is -3.57. The number of hydrogen-bond acceptors (Lipinski definition) is 4. The Bertz CT molecular complexity index is 802. The van der Waals surface area contributed by atoms with E-state index in [1.165, 1.54) is 0 Å². The summed E-state index contributed by atoms with van der Waals surface area (Å²) in [5.41, 5.74) is -0.890. The minimum atomic E-state index is -4.49. The summed E-state index contributed by atoms with van der Waals surface area (Å²) in [4.78, 5) is 19.5. The van der Waals surface area contributed by atoms with Crippen molar-refractivity contribution in [3.05, 3.63) is 53.2 Å². The molecule has 0 aliphatic carbocycles. The highest BCUT2D eigenvalue weighted by atomic mass is 35.5. The van der Waals surface area contributed by atoms with Crippen LogP contribution in [0.2, 0.25) is 5.02 Å². The Kier molecular flexibility index (Phi) is 5.74. The molecule has 1 aliphatic heterocycles. The quantitative estimate of drug-likeness (QED) is 0.747. The maximum absolute atomic E-state index is 12.8. The molecule has 0 spiro atoms. The van der Waals surface area contributed by atoms with Crippen molar-refractivity contribution in [1.82, 2.24) is 9.88 Å². The largest absolute Gasteiger partial charge is 0.417 e. The summed E-state index contributed by atoms with van der Waals surface area (Å²) in [6, 6.07) is 9.61. The van der Waals surface area contributed by atoms with Gasteiger partial charge in [0.2, 0.25) is 0 Å². The van der Waals surface area contributed by atoms with Crippen molar-refractivity contribution in [2.45, 2.75) is 12.6 Å². The van der Waals surface area contributed by atoms with Crippen LogP contribution in [0.1, 0.15) is 12.0 Å². The Morgan fingerprint density at radius 3 is 2.52 bits per heavy atom. The number of benzene rings is 1. The average Bonchev–Trinajstić information content (AvgIpc) is 2.88. The minimum Gasteiger partial charge on any atom is -0.410 e. The van der Waals surface area contributed by atoms with Gasteiger partial charge < -0.3 is 14.5 Å². The van der Waals surface area contributed by atoms with Crippen LogP contribution in [0.25, 0.3) is 0 Å². The lowest BCUT2D eigenvalue weighted by molar-refractivity contribution is -0.137. The number of hydrogen-bond donors (Lipinski definition) is 0. The van der Waals surface area contributed by atoms with Crippen molar-refractivity contribution in [3.8, 4) is 5.75 Å². The second kappa shape index (κ2) is 8.04. The van der Waals surface area contributed by atoms with Gasteiger partial charge in [0.1, 0.15) is 11.6 Å². The molecule has 2 heterocycles. The van der Waals surface area contributed by atoms with E-state index in [0.29, 0.717) is 38.3 Å². The van der Waals surface area contributed by atoms with Crippen LogP contribution in [0.15, 0.2) is 42.6 Å². The van der Waals surface area contributed by atoms with Gasteiger partial charge in [0, 0.05) is 32.4 Å². The van der Waals surface area contributed by atoms with Crippen LogP contribution in [0.3, 0.4) is 0 Å². The predicted molar refractivity (Wildman–Crippen MR) is 95.1 cm³/mol. The molecule has 0 bridgehead atoms. The number of pyridine rings is 1. The number of alkyl halides is 3. The maximum Gasteiger partial charge on any atom is 0.417 e. The van der Waals surface area contributed by atoms with Crippen LogP contribution in [0, 0.1) is 0 Å². The van der Waals surface area contributed by atoms with Crippen molar-refractivity contribution >= 4 is 23.5 Å². The molecular weight excluding hydrogens is 383 g/mol. The summed E-state index contributed by atoms with van der Waals surface area (Å²) < 4.78 is 43.6. The number of rotatable bonds is 2. The lowest BCUT2D eigenvalue weighted by atomic mass is 10.2. The van der Waals surface area contributed by atoms with Crippen molar-refractivity contribution < 1.29 is 22.7 Å². The van der Waals surface area contributed by atoms with Crippen LogP contribution in [-0.2, 0) is 6.18 Å². The van der Waals surface area contributed by atoms with Gasteiger partial charge in [0.25, 0.3) is 0 Å². The van der Waals surface area contributed by atoms with Crippen LogP contribution < -0.4 is 9.64 Å². The number of halogens is 4. The monoisotopic (exact) mass is 399 g/mol. The molecule has 5 nitrogen and oxygen atoms in total. The second-order valence-corrected chi connectivity index (χ2v) is 6.44. The average molecular weight is 400 g/mol. The number of amides is 1. The Labute approximate surface area is 159 Å². The van der Waals surface area contributed by atoms with Gasteiger partial charge in [0.15, 0.2) is 0 Å². The maximum atomic E-state index is 12.8. The van der Waals surface area contributed by atoms with Crippen molar-refractivity contribution in [2.24, 2.45) is 0 Å². The standard InChI is InChI=1S/C18H17ClF3N3O2/c19-15-11-13(18(20,21)22)12-23-16(15)24-7-4-8-25(10-9-24)17(26)27-14-5-2-1-3-6-14/h1-3,5-6,11-12H,4,7-10H2. The molecule has 9 heteroatoms. The summed E-state index contributed by atoms with van der Waals surface area (Å²) in [5.74, 6) is 0.735. The highest BCUT2D eigenvalue weighted by Gasteiger charge is 2.32. The Balaban J connectivity index is 1.65. The molecule has 0 saturated carbocycles. The third kappa shape index (κ3) is 4.82. The van der Waals surface area contributed by atoms with Crippen LogP contribution >= 0.6 is 11.6 Å². The van der Waals surface area contributed by atoms with Crippen LogP contribution in [-0.4, -0.2) is 42.2 Å². The molecule has 144 valence electrons. The molecular formula is C18H17ClF3N3O2. The van der Waals surface area contributed by atoms with Crippen LogP contribution in [0.5, 0.6) is 5.75 Å². The lowest BCUT2D eigenvalue weighted by Gasteiger charge is -2.23. The first-order valence-corrected chi connectivity index (χ1v) is 8.72. The molecule has 1 saturated heterocycles. The Morgan fingerprint density at radius 1 is 1.11 bits per heavy atom. The third-order valence-corrected chi connectivity index (χ3v) is 4.43. The number of para-hydroxylation sites is 1. The summed E-state index contributed by atoms with van der Waals surface area (Å²) in [5, 5.41) is -0.0647. The molecule has 1 amide bonds. The number of anilines is 1. The van der Waals surface area contributed by atoms with E-state index < -0.39 is 17.8 Å². The number of nitrogens with zero attached hydrogens (tertiary/aromatic N) is 3. The minimum absolute atomic E-state index is 0.0647. The highest BCUT2D eigenvalue weighted by molar-refractivity contribution is 6.33. The van der Waals surface area contributed by atoms with Gasteiger partial charge >= 0.3 is 12.3 Å². The predicted octanol–water partition coefficient (Wildman–Crippen LogP) is 4.46. The molecule has 1 aliphatic rings. The zero-order chi connectivity index (χ0) is 19.4. The van der Waals surface area contributed by atoms with Gasteiger partial charge in [-0.1, -0.05) is 29.8 Å². The topological polar surface area (TPSA) is 45.7 Å². The second-order valence-electron chi connectivity index (χ2n) is 6.04. The summed E-state index contributed by atoms with van der Waals surface area (Å²) in [6.45, 7) is 1.74. The zero-order valence-electron chi connectivity index (χ0n) is 14.2. The molecule has 0 radical (unpaired) electrons. The van der Waals surface area contributed by atoms with E-state index in [0.717, 1.165) is 12.3 Å². The van der Waals surface area contributed by atoms with Gasteiger partial charge in [0.05, 0.1) is 10.6 Å². The molecule has 3 rings (SSSR count). The molecule has 0 N–H and O–H groups in total. The fourth-order valence-corrected chi connectivity index (χ4v) is 3.07. The summed E-state index contributed by atoms with van der Waals surface area (Å²) >= 11 is 6.02. The SMILES string of the molecule is O=C(Oc1ccccc1)N1CCCN(c2ncc(C(F)(F)F)cc2Cl)CC1. The van der Waals surface area contributed by atoms with E-state index in [9.17, 15) is 18.0 Å². The molecule has 0 atom stereocenters. The van der Waals surface area contributed by atoms with E-state index in [-0.39, 0.29) is 10.8 Å². The van der Waals surface area contributed by atoms with Gasteiger partial charge in [-0.25, -0.2) is 9.78 Å². The number of ether oxygens (including phenoxy) is 1. The fraction of sp³-hybridized carbons (Fsp3) is 0.333. The van der Waals surface area contributed by atoms with Gasteiger partial charge in [-0.2, -0.15) is 13.2 Å². The number of aromatic nitrogens is 1. The molecule has 1 fully saturated rings. The van der Waals surface area contributed by atoms with Gasteiger partial charge in [-0.15, -0.1) is 0 Å². The van der Waals surface area contributed by atoms with E-state index in [2.05, 4.69) is 4.98 Å². The first-order valence-electron chi connectivity index (χ1n) is 8.34. The number of carbonyl (C=O) groups is 1. The van der Waals surface area contributed by atoms with E-state index in [1.54, 1.807) is 34.1 Å². The first-order chi connectivity index (χ1) is 12.8. The molecule has 0 unspecified atom stereocenters. The third-order valence-electron chi connectivity index (χ3n) is 4.15. The van der Waals surface area contributed by atoms with E-state index in [1.807, 2.05) is 6.07 Å². The zero-order valence-corrected chi connectivity index (χ0v) is 15.0. The molecule has 27 heavy (non-hydrogen) atoms. The summed E-state index contributed by atoms with van der Waals surface area (Å²) in [7, 11) is 0. The molecule has 2 aromatic rings. The molecule has 1 aromatic heterocycles. The van der Waals surface area contributed by atoms with Crippen molar-refractivity contribution in [1.29, 1.82) is 0 Å². The molecule has 1 aromatic carbocycles.